The highest BCUT2D eigenvalue weighted by atomic mass is 16.3. The van der Waals surface area contributed by atoms with Crippen LogP contribution < -0.4 is 0 Å². The molecule has 4 aromatic heterocycles. The van der Waals surface area contributed by atoms with E-state index in [1.807, 2.05) is 46.2 Å². The first-order chi connectivity index (χ1) is 49.1. The lowest BCUT2D eigenvalue weighted by atomic mass is 9.47. The summed E-state index contributed by atoms with van der Waals surface area (Å²) in [5.74, 6) is 11.8. The quantitative estimate of drug-likeness (QED) is 0.119. The molecule has 0 aromatic carbocycles. The number of Topliss-reactive ketones (excluding diaryl/α,β-unsaturated/α-hetero) is 3. The third kappa shape index (κ3) is 13.2. The molecule has 0 radical (unpaired) electrons. The van der Waals surface area contributed by atoms with Gasteiger partial charge in [-0.15, -0.1) is 0 Å². The summed E-state index contributed by atoms with van der Waals surface area (Å²) in [5, 5.41) is 69.0. The SMILES string of the molecule is Cc1cnn(CC(=O)[C@H]2[C@H](C#N)C[C@H]3[C@@H]4CC[C@@H]5C[C@](C)(O)CC[C@@H]5[C@H]4CC[C@@]32C)c1.[C-]#[N+]c1cc(C#N)nn1CC(=O)[C@H]1C[C@@H](C2CCC2)[C@H]2[C@@H]3CC[C@@H]4C[C@](C)(O)CC[C@@H]4[C@H]3CC[C@@]21C.[C-]#[N+]c1cnn(CC(=O)[C@H]2C[C@@H](n3cc(C)cn3)[C@H]3[C@@H]4CC[C@@H]5C[C@](C)(O)CC[C@@H]5[C@H]4CC[C@@]32C)c1. The lowest BCUT2D eigenvalue weighted by Gasteiger charge is -2.58. The minimum absolute atomic E-state index is 0.0205. The number of fused-ring (bicyclic) bond motifs is 15. The lowest BCUT2D eigenvalue weighted by molar-refractivity contribution is -0.135. The van der Waals surface area contributed by atoms with Crippen LogP contribution in [0.25, 0.3) is 9.69 Å². The van der Waals surface area contributed by atoms with Crippen LogP contribution in [0, 0.1) is 190 Å². The van der Waals surface area contributed by atoms with Crippen molar-refractivity contribution in [3.63, 3.8) is 0 Å². The van der Waals surface area contributed by atoms with Crippen molar-refractivity contribution in [2.45, 2.75) is 271 Å². The molecule has 17 rings (SSSR count). The summed E-state index contributed by atoms with van der Waals surface area (Å²) >= 11 is 0. The Labute approximate surface area is 611 Å². The number of aryl methyl sites for hydroxylation is 2. The zero-order valence-electron chi connectivity index (χ0n) is 62.9. The molecule has 27 atom stereocenters. The Balaban J connectivity index is 0.000000125. The highest BCUT2D eigenvalue weighted by Gasteiger charge is 2.67. The van der Waals surface area contributed by atoms with Crippen molar-refractivity contribution in [1.82, 2.24) is 39.1 Å². The molecule has 13 fully saturated rings. The molecular weight excluding hydrogens is 1290 g/mol. The first-order valence-electron chi connectivity index (χ1n) is 40.5. The number of ketones is 3. The van der Waals surface area contributed by atoms with Gasteiger partial charge in [0.05, 0.1) is 73.1 Å². The number of hydrogen-bond donors (Lipinski definition) is 3. The number of nitrogens with zero attached hydrogens (tertiary/aromatic N) is 12. The number of carbonyl (C=O) groups is 3. The molecule has 13 aliphatic rings. The van der Waals surface area contributed by atoms with E-state index in [1.54, 1.807) is 28.0 Å². The monoisotopic (exact) mass is 1400 g/mol. The highest BCUT2D eigenvalue weighted by Crippen LogP contribution is 2.71. The molecule has 13 saturated carbocycles. The van der Waals surface area contributed by atoms with Gasteiger partial charge in [-0.1, -0.05) is 51.7 Å². The van der Waals surface area contributed by atoms with Crippen LogP contribution >= 0.6 is 0 Å². The molecule has 0 aliphatic heterocycles. The van der Waals surface area contributed by atoms with Crippen molar-refractivity contribution in [1.29, 1.82) is 10.5 Å². The third-order valence-corrected chi connectivity index (χ3v) is 32.4. The van der Waals surface area contributed by atoms with E-state index in [2.05, 4.69) is 69.6 Å². The van der Waals surface area contributed by atoms with Gasteiger partial charge in [0.1, 0.15) is 6.07 Å². The molecule has 0 spiro atoms. The maximum absolute atomic E-state index is 13.9. The topological polar surface area (TPSA) is 239 Å². The zero-order valence-corrected chi connectivity index (χ0v) is 62.9. The van der Waals surface area contributed by atoms with Crippen LogP contribution in [0.4, 0.5) is 11.5 Å². The Morgan fingerprint density at radius 3 is 1.55 bits per heavy atom. The number of carbonyl (C=O) groups excluding carboxylic acids is 3. The van der Waals surface area contributed by atoms with E-state index in [0.29, 0.717) is 76.7 Å². The second-order valence-corrected chi connectivity index (χ2v) is 38.3. The van der Waals surface area contributed by atoms with E-state index in [-0.39, 0.29) is 94.5 Å². The average molecular weight is 1400 g/mol. The minimum atomic E-state index is -0.503. The van der Waals surface area contributed by atoms with Gasteiger partial charge in [-0.05, 0) is 317 Å². The van der Waals surface area contributed by atoms with Crippen LogP contribution in [0.1, 0.15) is 238 Å². The number of rotatable bonds is 11. The summed E-state index contributed by atoms with van der Waals surface area (Å²) < 4.78 is 7.03. The van der Waals surface area contributed by atoms with Crippen LogP contribution in [0.5, 0.6) is 0 Å². The molecule has 0 bridgehead atoms. The second-order valence-electron chi connectivity index (χ2n) is 38.3. The second kappa shape index (κ2) is 27.5. The Morgan fingerprint density at radius 2 is 1.03 bits per heavy atom. The molecule has 552 valence electrons. The average Bonchev–Trinajstić information content (AvgIpc) is 1.59. The van der Waals surface area contributed by atoms with Gasteiger partial charge in [0.15, 0.2) is 29.6 Å². The molecule has 13 aliphatic carbocycles. The number of nitriles is 2. The van der Waals surface area contributed by atoms with E-state index < -0.39 is 16.8 Å². The van der Waals surface area contributed by atoms with Crippen LogP contribution in [-0.2, 0) is 34.0 Å². The fraction of sp³-hybridized carbons (Fsp3) is 0.776. The van der Waals surface area contributed by atoms with E-state index >= 15 is 0 Å². The van der Waals surface area contributed by atoms with Gasteiger partial charge in [0.25, 0.3) is 5.82 Å². The smallest absolute Gasteiger partial charge is 0.253 e. The Hall–Kier alpha value is -6.31. The standard InChI is InChI=1S/C30H40N4O2.C29H39N5O2.C26H37N3O2/c1-29(36)11-9-21-19(15-29)7-8-23-22(21)10-12-30(2)25(14-24(28(23)30)18-5-4-6-18)26(35)17-34-27(32-3)13-20(16-31)33-34;1-18-13-32-34(15-18)25-11-24(26(35)17-33-16-20(30-4)14-31-33)29(3)10-8-22-21-7-9-28(2,36)12-19(21)5-6-23(22)27(25)29;1-16-13-28-29(14-16)15-23(30)24-18(12-27)10-22-21-5-4-17-11-25(2,31)8-6-19(17)20(21)7-9-26(22,24)3/h13,18-19,21-25,28,36H,4-12,14-15,17H2,1-2H3;13-16,19,21-25,27,36H,5-12,17H2,1-3H3;13-14,17-22,24,31H,4-11,15H2,1-3H3/t19-,21+,22-,23-,24+,25-,28-,29-,30-;19-,21+,22-,23-,24-,25-,27-,28-,29-;17-,18+,19+,20-,21-,22+,24-,25-,26+/m111/s1. The van der Waals surface area contributed by atoms with E-state index in [4.69, 9.17) is 18.2 Å². The molecule has 18 nitrogen and oxygen atoms in total. The molecule has 0 saturated heterocycles. The normalized spacial score (nSPS) is 43.9. The number of hydrogen-bond acceptors (Lipinski definition) is 12. The summed E-state index contributed by atoms with van der Waals surface area (Å²) in [6, 6.07) is 6.29. The molecular formula is C85H116N12O6. The third-order valence-electron chi connectivity index (χ3n) is 32.4. The largest absolute Gasteiger partial charge is 0.390 e. The molecule has 4 aromatic rings. The Kier molecular flexibility index (Phi) is 19.3. The van der Waals surface area contributed by atoms with E-state index in [0.717, 1.165) is 125 Å². The van der Waals surface area contributed by atoms with Crippen molar-refractivity contribution in [3.8, 4) is 12.1 Å². The number of aromatic nitrogens is 8. The van der Waals surface area contributed by atoms with E-state index in [1.165, 1.54) is 99.8 Å². The fourth-order valence-corrected chi connectivity index (χ4v) is 28.0. The molecule has 4 heterocycles. The van der Waals surface area contributed by atoms with Gasteiger partial charge in [-0.3, -0.25) is 28.4 Å². The molecule has 18 heteroatoms. The first-order valence-corrected chi connectivity index (χ1v) is 40.5. The van der Waals surface area contributed by atoms with Crippen LogP contribution in [-0.4, -0.2) is 88.6 Å². The lowest BCUT2D eigenvalue weighted by Crippen LogP contribution is -2.52. The summed E-state index contributed by atoms with van der Waals surface area (Å²) in [5.41, 5.74) is 1.35. The van der Waals surface area contributed by atoms with Gasteiger partial charge >= 0.3 is 0 Å². The van der Waals surface area contributed by atoms with Gasteiger partial charge in [-0.25, -0.2) is 4.85 Å². The Bertz CT molecular complexity index is 4010. The molecule has 0 amide bonds. The molecule has 3 N–H and O–H groups in total. The Morgan fingerprint density at radius 1 is 0.524 bits per heavy atom. The van der Waals surface area contributed by atoms with Gasteiger partial charge in [0.2, 0.25) is 5.69 Å². The van der Waals surface area contributed by atoms with Gasteiger partial charge in [-0.2, -0.15) is 30.5 Å². The predicted octanol–water partition coefficient (Wildman–Crippen LogP) is 15.8. The van der Waals surface area contributed by atoms with Crippen molar-refractivity contribution in [3.05, 3.63) is 82.9 Å². The van der Waals surface area contributed by atoms with Crippen molar-refractivity contribution in [2.75, 3.05) is 0 Å². The van der Waals surface area contributed by atoms with Gasteiger partial charge < -0.3 is 20.2 Å². The fourth-order valence-electron chi connectivity index (χ4n) is 28.0. The maximum atomic E-state index is 13.9. The molecule has 0 unspecified atom stereocenters. The number of aliphatic hydroxyl groups is 3. The van der Waals surface area contributed by atoms with Crippen LogP contribution in [0.2, 0.25) is 0 Å². The summed E-state index contributed by atoms with van der Waals surface area (Å²) in [6.07, 6.45) is 41.0. The van der Waals surface area contributed by atoms with E-state index in [9.17, 15) is 40.2 Å². The summed E-state index contributed by atoms with van der Waals surface area (Å²) in [4.78, 5) is 48.2. The van der Waals surface area contributed by atoms with Gasteiger partial charge in [0, 0.05) is 42.4 Å². The summed E-state index contributed by atoms with van der Waals surface area (Å²) in [7, 11) is 0. The zero-order chi connectivity index (χ0) is 72.4. The van der Waals surface area contributed by atoms with Crippen LogP contribution in [0.3, 0.4) is 0 Å². The highest BCUT2D eigenvalue weighted by molar-refractivity contribution is 5.84. The summed E-state index contributed by atoms with van der Waals surface area (Å²) in [6.45, 7) is 32.6. The predicted molar refractivity (Wildman–Crippen MR) is 389 cm³/mol. The molecule has 103 heavy (non-hydrogen) atoms. The maximum Gasteiger partial charge on any atom is 0.253 e. The van der Waals surface area contributed by atoms with Crippen molar-refractivity contribution in [2.24, 2.45) is 141 Å². The van der Waals surface area contributed by atoms with Crippen molar-refractivity contribution >= 4 is 28.9 Å². The van der Waals surface area contributed by atoms with Crippen molar-refractivity contribution < 1.29 is 29.7 Å². The van der Waals surface area contributed by atoms with Crippen LogP contribution in [0.15, 0.2) is 43.2 Å². The minimum Gasteiger partial charge on any atom is -0.390 e. The first kappa shape index (κ1) is 72.3.